The molecule has 18 heavy (non-hydrogen) atoms. The van der Waals surface area contributed by atoms with Gasteiger partial charge in [-0.25, -0.2) is 4.79 Å². The van der Waals surface area contributed by atoms with Gasteiger partial charge >= 0.3 is 5.97 Å². The average molecular weight is 251 g/mol. The fraction of sp³-hybridized carbons (Fsp3) is 0.385. The summed E-state index contributed by atoms with van der Waals surface area (Å²) in [6.45, 7) is 1.70. The van der Waals surface area contributed by atoms with E-state index in [4.69, 9.17) is 5.11 Å². The van der Waals surface area contributed by atoms with Gasteiger partial charge in [-0.05, 0) is 24.5 Å². The SMILES string of the molecule is CC[C@@H](NC(=O)CCc1ccccc1O)C(=O)O. The normalized spacial score (nSPS) is 11.8. The number of aromatic hydroxyl groups is 1. The van der Waals surface area contributed by atoms with Crippen molar-refractivity contribution in [3.8, 4) is 5.75 Å². The smallest absolute Gasteiger partial charge is 0.326 e. The summed E-state index contributed by atoms with van der Waals surface area (Å²) in [7, 11) is 0. The van der Waals surface area contributed by atoms with Crippen molar-refractivity contribution in [3.63, 3.8) is 0 Å². The zero-order valence-electron chi connectivity index (χ0n) is 10.2. The van der Waals surface area contributed by atoms with E-state index >= 15 is 0 Å². The molecule has 0 aromatic heterocycles. The van der Waals surface area contributed by atoms with Crippen LogP contribution in [0.3, 0.4) is 0 Å². The monoisotopic (exact) mass is 251 g/mol. The van der Waals surface area contributed by atoms with Crippen LogP contribution >= 0.6 is 0 Å². The number of aryl methyl sites for hydroxylation is 1. The Bertz CT molecular complexity index is 431. The second-order valence-corrected chi connectivity index (χ2v) is 4.00. The van der Waals surface area contributed by atoms with Crippen LogP contribution in [0.2, 0.25) is 0 Å². The molecular weight excluding hydrogens is 234 g/mol. The second-order valence-electron chi connectivity index (χ2n) is 4.00. The predicted molar refractivity (Wildman–Crippen MR) is 66.3 cm³/mol. The third kappa shape index (κ3) is 4.08. The average Bonchev–Trinajstić information content (AvgIpc) is 2.34. The summed E-state index contributed by atoms with van der Waals surface area (Å²) in [4.78, 5) is 22.3. The molecule has 0 unspecified atom stereocenters. The number of phenolic OH excluding ortho intramolecular Hbond substituents is 1. The number of carboxylic acids is 1. The van der Waals surface area contributed by atoms with Gasteiger partial charge in [-0.15, -0.1) is 0 Å². The Labute approximate surface area is 105 Å². The highest BCUT2D eigenvalue weighted by Crippen LogP contribution is 2.17. The van der Waals surface area contributed by atoms with Crippen molar-refractivity contribution in [3.05, 3.63) is 29.8 Å². The zero-order valence-corrected chi connectivity index (χ0v) is 10.2. The Morgan fingerprint density at radius 3 is 2.56 bits per heavy atom. The van der Waals surface area contributed by atoms with Crippen molar-refractivity contribution < 1.29 is 19.8 Å². The molecule has 0 saturated heterocycles. The van der Waals surface area contributed by atoms with Gasteiger partial charge in [0, 0.05) is 6.42 Å². The molecule has 1 amide bonds. The third-order valence-corrected chi connectivity index (χ3v) is 2.65. The van der Waals surface area contributed by atoms with E-state index < -0.39 is 12.0 Å². The number of benzene rings is 1. The molecule has 0 saturated carbocycles. The molecule has 5 heteroatoms. The number of aliphatic carboxylic acids is 1. The van der Waals surface area contributed by atoms with Crippen molar-refractivity contribution in [1.82, 2.24) is 5.32 Å². The van der Waals surface area contributed by atoms with E-state index in [-0.39, 0.29) is 18.1 Å². The van der Waals surface area contributed by atoms with Crippen LogP contribution in [0.1, 0.15) is 25.3 Å². The number of carbonyl (C=O) groups excluding carboxylic acids is 1. The molecule has 0 fully saturated rings. The van der Waals surface area contributed by atoms with Crippen molar-refractivity contribution in [2.24, 2.45) is 0 Å². The Morgan fingerprint density at radius 2 is 2.00 bits per heavy atom. The van der Waals surface area contributed by atoms with Crippen LogP contribution in [-0.2, 0) is 16.0 Å². The lowest BCUT2D eigenvalue weighted by Crippen LogP contribution is -2.40. The van der Waals surface area contributed by atoms with E-state index in [1.807, 2.05) is 0 Å². The van der Waals surface area contributed by atoms with Crippen LogP contribution in [0.4, 0.5) is 0 Å². The zero-order chi connectivity index (χ0) is 13.5. The van der Waals surface area contributed by atoms with Crippen LogP contribution < -0.4 is 5.32 Å². The van der Waals surface area contributed by atoms with Gasteiger partial charge in [0.1, 0.15) is 11.8 Å². The molecule has 1 atom stereocenters. The Morgan fingerprint density at radius 1 is 1.33 bits per heavy atom. The van der Waals surface area contributed by atoms with Gasteiger partial charge in [-0.2, -0.15) is 0 Å². The number of hydrogen-bond donors (Lipinski definition) is 3. The molecule has 0 aliphatic carbocycles. The van der Waals surface area contributed by atoms with Gasteiger partial charge in [-0.1, -0.05) is 25.1 Å². The highest BCUT2D eigenvalue weighted by atomic mass is 16.4. The number of rotatable bonds is 6. The molecule has 5 nitrogen and oxygen atoms in total. The summed E-state index contributed by atoms with van der Waals surface area (Å²) in [5.41, 5.74) is 0.677. The van der Waals surface area contributed by atoms with Crippen LogP contribution in [0.15, 0.2) is 24.3 Å². The molecule has 0 aliphatic rings. The van der Waals surface area contributed by atoms with Crippen molar-refractivity contribution in [2.75, 3.05) is 0 Å². The topological polar surface area (TPSA) is 86.6 Å². The third-order valence-electron chi connectivity index (χ3n) is 2.65. The quantitative estimate of drug-likeness (QED) is 0.711. The van der Waals surface area contributed by atoms with E-state index in [1.54, 1.807) is 31.2 Å². The van der Waals surface area contributed by atoms with Crippen LogP contribution in [0, 0.1) is 0 Å². The largest absolute Gasteiger partial charge is 0.508 e. The van der Waals surface area contributed by atoms with E-state index in [1.165, 1.54) is 0 Å². The van der Waals surface area contributed by atoms with Gasteiger partial charge in [-0.3, -0.25) is 4.79 Å². The lowest BCUT2D eigenvalue weighted by Gasteiger charge is -2.12. The maximum atomic E-state index is 11.5. The molecule has 1 aromatic carbocycles. The number of phenols is 1. The molecule has 98 valence electrons. The van der Waals surface area contributed by atoms with Crippen molar-refractivity contribution in [2.45, 2.75) is 32.2 Å². The van der Waals surface area contributed by atoms with Crippen molar-refractivity contribution >= 4 is 11.9 Å². The maximum Gasteiger partial charge on any atom is 0.326 e. The van der Waals surface area contributed by atoms with Crippen LogP contribution in [-0.4, -0.2) is 28.1 Å². The Balaban J connectivity index is 2.47. The van der Waals surface area contributed by atoms with E-state index in [2.05, 4.69) is 5.32 Å². The van der Waals surface area contributed by atoms with E-state index in [9.17, 15) is 14.7 Å². The van der Waals surface area contributed by atoms with Crippen LogP contribution in [0.25, 0.3) is 0 Å². The van der Waals surface area contributed by atoms with Crippen molar-refractivity contribution in [1.29, 1.82) is 0 Å². The lowest BCUT2D eigenvalue weighted by molar-refractivity contribution is -0.141. The molecule has 0 aliphatic heterocycles. The predicted octanol–water partition coefficient (Wildman–Crippen LogP) is 1.30. The maximum absolute atomic E-state index is 11.5. The Hall–Kier alpha value is -2.04. The van der Waals surface area contributed by atoms with Gasteiger partial charge in [0.05, 0.1) is 0 Å². The summed E-state index contributed by atoms with van der Waals surface area (Å²) in [6.07, 6.45) is 0.883. The highest BCUT2D eigenvalue weighted by molar-refractivity contribution is 5.83. The Kier molecular flexibility index (Phi) is 5.17. The van der Waals surface area contributed by atoms with Gasteiger partial charge in [0.2, 0.25) is 5.91 Å². The first-order chi connectivity index (χ1) is 8.54. The fourth-order valence-corrected chi connectivity index (χ4v) is 1.58. The number of amides is 1. The summed E-state index contributed by atoms with van der Waals surface area (Å²) >= 11 is 0. The molecule has 1 aromatic rings. The number of hydrogen-bond acceptors (Lipinski definition) is 3. The molecule has 1 rings (SSSR count). The molecule has 0 heterocycles. The highest BCUT2D eigenvalue weighted by Gasteiger charge is 2.17. The fourth-order valence-electron chi connectivity index (χ4n) is 1.58. The van der Waals surface area contributed by atoms with Crippen LogP contribution in [0.5, 0.6) is 5.75 Å². The van der Waals surface area contributed by atoms with Gasteiger partial charge < -0.3 is 15.5 Å². The minimum absolute atomic E-state index is 0.149. The first kappa shape index (κ1) is 14.0. The van der Waals surface area contributed by atoms with Gasteiger partial charge in [0.25, 0.3) is 0 Å². The van der Waals surface area contributed by atoms with E-state index in [0.29, 0.717) is 18.4 Å². The number of nitrogens with one attached hydrogen (secondary N) is 1. The summed E-state index contributed by atoms with van der Waals surface area (Å²) in [5, 5.41) is 20.7. The summed E-state index contributed by atoms with van der Waals surface area (Å²) in [5.74, 6) is -1.21. The number of carboxylic acid groups (broad SMARTS) is 1. The summed E-state index contributed by atoms with van der Waals surface area (Å²) in [6, 6.07) is 5.92. The number of carbonyl (C=O) groups is 2. The molecule has 0 spiro atoms. The second kappa shape index (κ2) is 6.64. The lowest BCUT2D eigenvalue weighted by atomic mass is 10.1. The summed E-state index contributed by atoms with van der Waals surface area (Å²) < 4.78 is 0. The molecule has 0 bridgehead atoms. The van der Waals surface area contributed by atoms with E-state index in [0.717, 1.165) is 0 Å². The first-order valence-corrected chi connectivity index (χ1v) is 5.83. The molecule has 0 radical (unpaired) electrons. The minimum atomic E-state index is -1.03. The minimum Gasteiger partial charge on any atom is -0.508 e. The number of para-hydroxylation sites is 1. The van der Waals surface area contributed by atoms with Gasteiger partial charge in [0.15, 0.2) is 0 Å². The molecule has 3 N–H and O–H groups in total. The standard InChI is InChI=1S/C13H17NO4/c1-2-10(13(17)18)14-12(16)8-7-9-5-3-4-6-11(9)15/h3-6,10,15H,2,7-8H2,1H3,(H,14,16)(H,17,18)/t10-/m1/s1. The first-order valence-electron chi connectivity index (χ1n) is 5.83. The molecular formula is C13H17NO4.